The molecule has 0 aliphatic carbocycles. The SMILES string of the molecule is Cc1c(Cl)ccc2sc(N(CCN(C)C)C(=O)CCSc3ccc(Cl)cc3)nc12.Cl. The largest absolute Gasteiger partial charge is 0.308 e. The highest BCUT2D eigenvalue weighted by Gasteiger charge is 2.20. The molecule has 0 bridgehead atoms. The maximum atomic E-state index is 13.0. The van der Waals surface area contributed by atoms with Gasteiger partial charge in [-0.15, -0.1) is 24.2 Å². The summed E-state index contributed by atoms with van der Waals surface area (Å²) < 4.78 is 1.04. The number of amides is 1. The Balaban J connectivity index is 0.00000320. The fraction of sp³-hybridized carbons (Fsp3) is 0.333. The maximum Gasteiger partial charge on any atom is 0.229 e. The van der Waals surface area contributed by atoms with E-state index >= 15 is 0 Å². The van der Waals surface area contributed by atoms with Crippen molar-refractivity contribution in [3.8, 4) is 0 Å². The molecule has 1 amide bonds. The van der Waals surface area contributed by atoms with Crippen molar-refractivity contribution in [2.75, 3.05) is 37.8 Å². The number of benzene rings is 2. The molecule has 0 spiro atoms. The number of hydrogen-bond donors (Lipinski definition) is 0. The first kappa shape index (κ1) is 25.2. The van der Waals surface area contributed by atoms with E-state index in [1.807, 2.05) is 57.4 Å². The van der Waals surface area contributed by atoms with Crippen LogP contribution in [0.1, 0.15) is 12.0 Å². The summed E-state index contributed by atoms with van der Waals surface area (Å²) in [4.78, 5) is 22.8. The minimum atomic E-state index is 0. The van der Waals surface area contributed by atoms with Crippen molar-refractivity contribution in [1.29, 1.82) is 0 Å². The van der Waals surface area contributed by atoms with Crippen molar-refractivity contribution in [2.45, 2.75) is 18.2 Å². The Morgan fingerprint density at radius 2 is 1.80 bits per heavy atom. The van der Waals surface area contributed by atoms with Crippen molar-refractivity contribution in [2.24, 2.45) is 0 Å². The van der Waals surface area contributed by atoms with Crippen LogP contribution in [0.3, 0.4) is 0 Å². The molecule has 0 saturated carbocycles. The molecule has 0 aliphatic heterocycles. The Hall–Kier alpha value is -1.02. The molecule has 4 nitrogen and oxygen atoms in total. The summed E-state index contributed by atoms with van der Waals surface area (Å²) in [6, 6.07) is 11.5. The van der Waals surface area contributed by atoms with Gasteiger partial charge in [0.1, 0.15) is 0 Å². The highest BCUT2D eigenvalue weighted by atomic mass is 35.5. The van der Waals surface area contributed by atoms with Gasteiger partial charge >= 0.3 is 0 Å². The van der Waals surface area contributed by atoms with E-state index in [0.717, 1.165) is 32.4 Å². The highest BCUT2D eigenvalue weighted by molar-refractivity contribution is 7.99. The average molecular weight is 505 g/mol. The minimum Gasteiger partial charge on any atom is -0.308 e. The topological polar surface area (TPSA) is 36.4 Å². The number of carbonyl (C=O) groups is 1. The fourth-order valence-electron chi connectivity index (χ4n) is 2.75. The fourth-order valence-corrected chi connectivity index (χ4v) is 4.94. The lowest BCUT2D eigenvalue weighted by Gasteiger charge is -2.22. The summed E-state index contributed by atoms with van der Waals surface area (Å²) in [6.45, 7) is 3.33. The molecule has 0 saturated heterocycles. The number of rotatable bonds is 8. The molecule has 0 unspecified atom stereocenters. The number of aryl methyl sites for hydroxylation is 1. The van der Waals surface area contributed by atoms with Crippen molar-refractivity contribution in [3.63, 3.8) is 0 Å². The van der Waals surface area contributed by atoms with Gasteiger partial charge in [-0.2, -0.15) is 0 Å². The van der Waals surface area contributed by atoms with Gasteiger partial charge in [0.05, 0.1) is 10.2 Å². The second-order valence-electron chi connectivity index (χ2n) is 6.92. The van der Waals surface area contributed by atoms with E-state index in [4.69, 9.17) is 28.2 Å². The van der Waals surface area contributed by atoms with E-state index in [9.17, 15) is 4.79 Å². The Kier molecular flexibility index (Phi) is 9.72. The highest BCUT2D eigenvalue weighted by Crippen LogP contribution is 2.34. The van der Waals surface area contributed by atoms with Gasteiger partial charge in [0, 0.05) is 40.2 Å². The van der Waals surface area contributed by atoms with E-state index in [1.54, 1.807) is 16.7 Å². The summed E-state index contributed by atoms with van der Waals surface area (Å²) in [5, 5.41) is 2.14. The molecule has 1 aromatic heterocycles. The quantitative estimate of drug-likeness (QED) is 0.332. The molecule has 0 N–H and O–H groups in total. The van der Waals surface area contributed by atoms with Gasteiger partial charge < -0.3 is 4.90 Å². The Labute approximate surface area is 202 Å². The van der Waals surface area contributed by atoms with Gasteiger partial charge in [-0.05, 0) is 63.0 Å². The standard InChI is InChI=1S/C21H23Cl2N3OS2.ClH/c1-14-17(23)8-9-18-20(14)24-21(29-18)26(12-11-25(2)3)19(27)10-13-28-16-6-4-15(22)5-7-16;/h4-9H,10-13H2,1-3H3;1H. The normalized spacial score (nSPS) is 11.0. The number of anilines is 1. The van der Waals surface area contributed by atoms with Gasteiger partial charge in [-0.3, -0.25) is 9.69 Å². The Morgan fingerprint density at radius 3 is 2.47 bits per heavy atom. The van der Waals surface area contributed by atoms with Crippen LogP contribution in [0.25, 0.3) is 10.2 Å². The zero-order chi connectivity index (χ0) is 21.0. The summed E-state index contributed by atoms with van der Waals surface area (Å²) in [5.41, 5.74) is 1.82. The van der Waals surface area contributed by atoms with Crippen LogP contribution in [-0.4, -0.2) is 48.7 Å². The maximum absolute atomic E-state index is 13.0. The number of aromatic nitrogens is 1. The number of hydrogen-bond acceptors (Lipinski definition) is 5. The van der Waals surface area contributed by atoms with Crippen LogP contribution in [0, 0.1) is 6.92 Å². The van der Waals surface area contributed by atoms with Crippen LogP contribution in [0.2, 0.25) is 10.0 Å². The van der Waals surface area contributed by atoms with Gasteiger partial charge in [-0.1, -0.05) is 34.5 Å². The van der Waals surface area contributed by atoms with Crippen LogP contribution in [0.15, 0.2) is 41.3 Å². The molecule has 0 aliphatic rings. The molecule has 30 heavy (non-hydrogen) atoms. The van der Waals surface area contributed by atoms with Crippen LogP contribution in [0.5, 0.6) is 0 Å². The van der Waals surface area contributed by atoms with Crippen molar-refractivity contribution in [3.05, 3.63) is 52.0 Å². The third-order valence-corrected chi connectivity index (χ3v) is 7.16. The van der Waals surface area contributed by atoms with Crippen molar-refractivity contribution >= 4 is 80.0 Å². The smallest absolute Gasteiger partial charge is 0.229 e. The zero-order valence-electron chi connectivity index (χ0n) is 17.0. The van der Waals surface area contributed by atoms with Gasteiger partial charge in [-0.25, -0.2) is 4.98 Å². The third-order valence-electron chi connectivity index (χ3n) is 4.44. The predicted octanol–water partition coefficient (Wildman–Crippen LogP) is 6.41. The average Bonchev–Trinajstić information content (AvgIpc) is 3.11. The molecule has 0 atom stereocenters. The van der Waals surface area contributed by atoms with Gasteiger partial charge in [0.25, 0.3) is 0 Å². The van der Waals surface area contributed by atoms with Crippen molar-refractivity contribution < 1.29 is 4.79 Å². The molecular weight excluding hydrogens is 481 g/mol. The minimum absolute atomic E-state index is 0. The monoisotopic (exact) mass is 503 g/mol. The number of thiazole rings is 1. The Bertz CT molecular complexity index is 993. The van der Waals surface area contributed by atoms with Crippen molar-refractivity contribution in [1.82, 2.24) is 9.88 Å². The number of nitrogens with zero attached hydrogens (tertiary/aromatic N) is 3. The van der Waals surface area contributed by atoms with Gasteiger partial charge in [0.15, 0.2) is 5.13 Å². The van der Waals surface area contributed by atoms with Crippen LogP contribution in [0.4, 0.5) is 5.13 Å². The van der Waals surface area contributed by atoms with Crippen LogP contribution >= 0.6 is 58.7 Å². The second-order valence-corrected chi connectivity index (χ2v) is 9.94. The van der Waals surface area contributed by atoms with E-state index in [1.165, 1.54) is 11.3 Å². The van der Waals surface area contributed by atoms with Gasteiger partial charge in [0.2, 0.25) is 5.91 Å². The van der Waals surface area contributed by atoms with E-state index in [0.29, 0.717) is 28.8 Å². The number of halogens is 3. The first-order valence-corrected chi connectivity index (χ1v) is 11.8. The number of carbonyl (C=O) groups excluding carboxylic acids is 1. The third kappa shape index (κ3) is 6.49. The van der Waals surface area contributed by atoms with Crippen LogP contribution < -0.4 is 4.90 Å². The lowest BCUT2D eigenvalue weighted by Crippen LogP contribution is -2.36. The first-order valence-electron chi connectivity index (χ1n) is 9.24. The molecule has 0 radical (unpaired) electrons. The summed E-state index contributed by atoms with van der Waals surface area (Å²) >= 11 is 15.4. The molecule has 1 heterocycles. The molecule has 3 aromatic rings. The molecule has 0 fully saturated rings. The molecule has 2 aromatic carbocycles. The summed E-state index contributed by atoms with van der Waals surface area (Å²) in [6.07, 6.45) is 0.441. The van der Waals surface area contributed by atoms with E-state index in [2.05, 4.69) is 4.90 Å². The Morgan fingerprint density at radius 1 is 1.10 bits per heavy atom. The molecule has 162 valence electrons. The first-order chi connectivity index (χ1) is 13.8. The molecule has 9 heteroatoms. The number of likely N-dealkylation sites (N-methyl/N-ethyl adjacent to an activating group) is 1. The number of fused-ring (bicyclic) bond motifs is 1. The molecular formula is C21H24Cl3N3OS2. The van der Waals surface area contributed by atoms with Crippen LogP contribution in [-0.2, 0) is 4.79 Å². The van der Waals surface area contributed by atoms with E-state index in [-0.39, 0.29) is 18.3 Å². The lowest BCUT2D eigenvalue weighted by atomic mass is 10.2. The number of thioether (sulfide) groups is 1. The zero-order valence-corrected chi connectivity index (χ0v) is 21.0. The second kappa shape index (κ2) is 11.6. The van der Waals surface area contributed by atoms with E-state index < -0.39 is 0 Å². The molecule has 3 rings (SSSR count). The predicted molar refractivity (Wildman–Crippen MR) is 134 cm³/mol. The summed E-state index contributed by atoms with van der Waals surface area (Å²) in [5.74, 6) is 0.783. The summed E-state index contributed by atoms with van der Waals surface area (Å²) in [7, 11) is 4.00. The lowest BCUT2D eigenvalue weighted by molar-refractivity contribution is -0.118.